The van der Waals surface area contributed by atoms with Crippen LogP contribution in [0.1, 0.15) is 18.1 Å². The predicted molar refractivity (Wildman–Crippen MR) is 117 cm³/mol. The zero-order valence-electron chi connectivity index (χ0n) is 15.9. The highest BCUT2D eigenvalue weighted by atomic mass is 35.5. The van der Waals surface area contributed by atoms with E-state index in [9.17, 15) is 8.78 Å². The van der Waals surface area contributed by atoms with E-state index in [1.165, 1.54) is 24.3 Å². The third kappa shape index (κ3) is 5.48. The molecule has 0 radical (unpaired) electrons. The van der Waals surface area contributed by atoms with E-state index >= 15 is 0 Å². The van der Waals surface area contributed by atoms with Crippen LogP contribution in [0.15, 0.2) is 48.5 Å². The van der Waals surface area contributed by atoms with Gasteiger partial charge in [0.2, 0.25) is 0 Å². The summed E-state index contributed by atoms with van der Waals surface area (Å²) in [6.07, 6.45) is 0. The maximum absolute atomic E-state index is 14.0. The maximum Gasteiger partial charge on any atom is 0.163 e. The number of benzene rings is 3. The molecule has 3 aromatic carbocycles. The van der Waals surface area contributed by atoms with Crippen molar-refractivity contribution in [3.05, 3.63) is 86.4 Å². The molecule has 0 aliphatic carbocycles. The average molecular weight is 473 g/mol. The third-order valence-corrected chi connectivity index (χ3v) is 5.24. The van der Waals surface area contributed by atoms with Crippen molar-refractivity contribution in [2.75, 3.05) is 11.9 Å². The molecule has 0 saturated carbocycles. The minimum absolute atomic E-state index is 0.0247. The number of nitrogens with one attached hydrogen (secondary N) is 1. The van der Waals surface area contributed by atoms with Crippen LogP contribution < -0.4 is 14.8 Å². The molecule has 0 unspecified atom stereocenters. The number of halogens is 5. The van der Waals surface area contributed by atoms with Gasteiger partial charge in [-0.15, -0.1) is 0 Å². The van der Waals surface area contributed by atoms with Gasteiger partial charge < -0.3 is 14.8 Å². The summed E-state index contributed by atoms with van der Waals surface area (Å²) in [5.74, 6) is -0.112. The Kier molecular flexibility index (Phi) is 7.64. The van der Waals surface area contributed by atoms with Gasteiger partial charge in [0.05, 0.1) is 16.7 Å². The van der Waals surface area contributed by atoms with Crippen LogP contribution in [-0.4, -0.2) is 6.61 Å². The normalized spacial score (nSPS) is 10.7. The quantitative estimate of drug-likeness (QED) is 0.368. The van der Waals surface area contributed by atoms with E-state index in [1.807, 2.05) is 6.92 Å². The van der Waals surface area contributed by atoms with Crippen molar-refractivity contribution in [3.63, 3.8) is 0 Å². The van der Waals surface area contributed by atoms with Crippen LogP contribution in [0.2, 0.25) is 15.1 Å². The first-order valence-corrected chi connectivity index (χ1v) is 10.2. The smallest absolute Gasteiger partial charge is 0.163 e. The predicted octanol–water partition coefficient (Wildman–Crippen LogP) is 7.51. The van der Waals surface area contributed by atoms with Gasteiger partial charge in [-0.05, 0) is 48.9 Å². The highest BCUT2D eigenvalue weighted by Crippen LogP contribution is 2.35. The summed E-state index contributed by atoms with van der Waals surface area (Å²) in [6, 6.07) is 12.1. The van der Waals surface area contributed by atoms with Crippen LogP contribution in [0.4, 0.5) is 14.5 Å². The molecule has 0 fully saturated rings. The summed E-state index contributed by atoms with van der Waals surface area (Å²) in [6.45, 7) is 2.51. The van der Waals surface area contributed by atoms with Crippen LogP contribution in [0.5, 0.6) is 11.5 Å². The van der Waals surface area contributed by atoms with Crippen LogP contribution in [-0.2, 0) is 13.2 Å². The van der Waals surface area contributed by atoms with E-state index < -0.39 is 11.6 Å². The first kappa shape index (κ1) is 22.5. The van der Waals surface area contributed by atoms with E-state index in [1.54, 1.807) is 24.3 Å². The van der Waals surface area contributed by atoms with Crippen molar-refractivity contribution in [1.29, 1.82) is 0 Å². The number of rotatable bonds is 8. The first-order chi connectivity index (χ1) is 14.4. The molecular formula is C22H18Cl3F2NO2. The summed E-state index contributed by atoms with van der Waals surface area (Å²) in [5.41, 5.74) is 1.62. The third-order valence-electron chi connectivity index (χ3n) is 4.25. The lowest BCUT2D eigenvalue weighted by Gasteiger charge is -2.16. The number of hydrogen-bond acceptors (Lipinski definition) is 3. The molecule has 3 rings (SSSR count). The summed E-state index contributed by atoms with van der Waals surface area (Å²) in [5, 5.41) is 3.86. The summed E-state index contributed by atoms with van der Waals surface area (Å²) in [7, 11) is 0. The number of ether oxygens (including phenoxy) is 2. The molecule has 8 heteroatoms. The lowest BCUT2D eigenvalue weighted by Crippen LogP contribution is -2.05. The SMILES string of the molecule is CCOc1cc(CNc2ccc(F)c(Cl)c2)c(Cl)cc1OCc1c(F)cccc1Cl. The molecule has 0 saturated heterocycles. The molecule has 3 nitrogen and oxygen atoms in total. The fourth-order valence-electron chi connectivity index (χ4n) is 2.72. The largest absolute Gasteiger partial charge is 0.490 e. The average Bonchev–Trinajstić information content (AvgIpc) is 2.71. The Morgan fingerprint density at radius 2 is 1.60 bits per heavy atom. The van der Waals surface area contributed by atoms with Crippen molar-refractivity contribution in [2.24, 2.45) is 0 Å². The maximum atomic E-state index is 14.0. The Morgan fingerprint density at radius 1 is 0.833 bits per heavy atom. The highest BCUT2D eigenvalue weighted by molar-refractivity contribution is 6.32. The molecule has 0 aromatic heterocycles. The summed E-state index contributed by atoms with van der Waals surface area (Å²) < 4.78 is 38.7. The van der Waals surface area contributed by atoms with E-state index in [4.69, 9.17) is 44.3 Å². The van der Waals surface area contributed by atoms with Gasteiger partial charge in [0.25, 0.3) is 0 Å². The van der Waals surface area contributed by atoms with E-state index in [0.717, 1.165) is 5.56 Å². The Bertz CT molecular complexity index is 1030. The monoisotopic (exact) mass is 471 g/mol. The van der Waals surface area contributed by atoms with Gasteiger partial charge in [-0.2, -0.15) is 0 Å². The molecule has 0 spiro atoms. The zero-order valence-corrected chi connectivity index (χ0v) is 18.2. The van der Waals surface area contributed by atoms with Crippen LogP contribution in [0.25, 0.3) is 0 Å². The molecule has 0 heterocycles. The van der Waals surface area contributed by atoms with Gasteiger partial charge >= 0.3 is 0 Å². The fourth-order valence-corrected chi connectivity index (χ4v) is 3.34. The van der Waals surface area contributed by atoms with Crippen molar-refractivity contribution in [2.45, 2.75) is 20.1 Å². The van der Waals surface area contributed by atoms with Gasteiger partial charge in [0.15, 0.2) is 11.5 Å². The van der Waals surface area contributed by atoms with E-state index in [-0.39, 0.29) is 22.2 Å². The highest BCUT2D eigenvalue weighted by Gasteiger charge is 2.14. The van der Waals surface area contributed by atoms with Gasteiger partial charge in [-0.1, -0.05) is 40.9 Å². The molecule has 0 aliphatic rings. The standard InChI is InChI=1S/C22H18Cl3F2NO2/c1-2-29-21-8-13(11-28-14-6-7-20(27)18(25)9-14)17(24)10-22(21)30-12-15-16(23)4-3-5-19(15)26/h3-10,28H,2,11-12H2,1H3. The Balaban J connectivity index is 1.78. The molecule has 0 atom stereocenters. The van der Waals surface area contributed by atoms with E-state index in [2.05, 4.69) is 5.32 Å². The van der Waals surface area contributed by atoms with Crippen LogP contribution in [0.3, 0.4) is 0 Å². The van der Waals surface area contributed by atoms with Gasteiger partial charge in [0, 0.05) is 28.9 Å². The molecular weight excluding hydrogens is 455 g/mol. The van der Waals surface area contributed by atoms with Crippen LogP contribution in [0, 0.1) is 11.6 Å². The minimum Gasteiger partial charge on any atom is -0.490 e. The molecule has 0 amide bonds. The van der Waals surface area contributed by atoms with Crippen molar-refractivity contribution in [1.82, 2.24) is 0 Å². The molecule has 0 aliphatic heterocycles. The lowest BCUT2D eigenvalue weighted by atomic mass is 10.2. The fraction of sp³-hybridized carbons (Fsp3) is 0.182. The second-order valence-electron chi connectivity index (χ2n) is 6.29. The Labute approximate surface area is 188 Å². The topological polar surface area (TPSA) is 30.5 Å². The van der Waals surface area contributed by atoms with Crippen molar-refractivity contribution < 1.29 is 18.3 Å². The number of anilines is 1. The Hall–Kier alpha value is -2.21. The summed E-state index contributed by atoms with van der Waals surface area (Å²) >= 11 is 18.3. The first-order valence-electron chi connectivity index (χ1n) is 9.09. The van der Waals surface area contributed by atoms with Crippen LogP contribution >= 0.6 is 34.8 Å². The minimum atomic E-state index is -0.490. The lowest BCUT2D eigenvalue weighted by molar-refractivity contribution is 0.265. The van der Waals surface area contributed by atoms with Gasteiger partial charge in [-0.25, -0.2) is 8.78 Å². The van der Waals surface area contributed by atoms with E-state index in [0.29, 0.717) is 35.4 Å². The Morgan fingerprint density at radius 3 is 2.30 bits per heavy atom. The molecule has 3 aromatic rings. The van der Waals surface area contributed by atoms with Gasteiger partial charge in [-0.3, -0.25) is 0 Å². The zero-order chi connectivity index (χ0) is 21.7. The summed E-state index contributed by atoms with van der Waals surface area (Å²) in [4.78, 5) is 0. The molecule has 158 valence electrons. The molecule has 0 bridgehead atoms. The number of hydrogen-bond donors (Lipinski definition) is 1. The molecule has 30 heavy (non-hydrogen) atoms. The van der Waals surface area contributed by atoms with Gasteiger partial charge in [0.1, 0.15) is 18.2 Å². The second kappa shape index (κ2) is 10.2. The molecule has 1 N–H and O–H groups in total. The van der Waals surface area contributed by atoms with Crippen molar-refractivity contribution >= 4 is 40.5 Å². The second-order valence-corrected chi connectivity index (χ2v) is 7.52. The van der Waals surface area contributed by atoms with Crippen molar-refractivity contribution in [3.8, 4) is 11.5 Å².